The average molecular weight is 442 g/mol. The Labute approximate surface area is 168 Å². The molecule has 8 heteroatoms. The van der Waals surface area contributed by atoms with Crippen LogP contribution in [0.25, 0.3) is 11.1 Å². The van der Waals surface area contributed by atoms with E-state index in [1.165, 1.54) is 0 Å². The quantitative estimate of drug-likeness (QED) is 0.575. The Bertz CT molecular complexity index is 1070. The molecule has 4 rings (SSSR count). The smallest absolute Gasteiger partial charge is 0.414 e. The first-order chi connectivity index (χ1) is 13.6. The molecule has 28 heavy (non-hydrogen) atoms. The molecule has 0 spiro atoms. The third kappa shape index (κ3) is 3.32. The van der Waals surface area contributed by atoms with Crippen molar-refractivity contribution in [1.29, 1.82) is 0 Å². The zero-order valence-electron chi connectivity index (χ0n) is 14.6. The van der Waals surface area contributed by atoms with E-state index in [9.17, 15) is 14.7 Å². The molecule has 0 radical (unpaired) electrons. The number of aromatic amines is 1. The Hall–Kier alpha value is -2.97. The summed E-state index contributed by atoms with van der Waals surface area (Å²) in [5.74, 6) is -0.155. The van der Waals surface area contributed by atoms with Crippen molar-refractivity contribution in [3.8, 4) is 11.1 Å². The monoisotopic (exact) mass is 441 g/mol. The number of H-pyrrole nitrogens is 1. The van der Waals surface area contributed by atoms with Crippen LogP contribution in [0.4, 0.5) is 10.7 Å². The van der Waals surface area contributed by atoms with E-state index in [2.05, 4.69) is 43.3 Å². The predicted octanol–water partition coefficient (Wildman–Crippen LogP) is 3.39. The molecule has 2 aromatic carbocycles. The summed E-state index contributed by atoms with van der Waals surface area (Å²) in [7, 11) is 0. The molecule has 0 saturated carbocycles. The summed E-state index contributed by atoms with van der Waals surface area (Å²) in [4.78, 5) is 30.4. The van der Waals surface area contributed by atoms with Gasteiger partial charge in [-0.25, -0.2) is 9.78 Å². The highest BCUT2D eigenvalue weighted by Crippen LogP contribution is 2.44. The Balaban J connectivity index is 1.50. The molecule has 1 aliphatic rings. The summed E-state index contributed by atoms with van der Waals surface area (Å²) in [6, 6.07) is 16.1. The predicted molar refractivity (Wildman–Crippen MR) is 107 cm³/mol. The highest BCUT2D eigenvalue weighted by Gasteiger charge is 2.29. The number of nitrogens with zero attached hydrogens (tertiary/aromatic N) is 1. The van der Waals surface area contributed by atoms with Gasteiger partial charge in [-0.3, -0.25) is 15.1 Å². The molecule has 0 saturated heterocycles. The number of ether oxygens (including phenoxy) is 1. The fourth-order valence-electron chi connectivity index (χ4n) is 3.40. The molecule has 0 aliphatic heterocycles. The second-order valence-electron chi connectivity index (χ2n) is 6.28. The van der Waals surface area contributed by atoms with Gasteiger partial charge in [0.15, 0.2) is 0 Å². The maximum atomic E-state index is 12.2. The number of anilines is 1. The van der Waals surface area contributed by atoms with Gasteiger partial charge in [-0.1, -0.05) is 48.5 Å². The Morgan fingerprint density at radius 1 is 1.14 bits per heavy atom. The van der Waals surface area contributed by atoms with E-state index >= 15 is 0 Å². The van der Waals surface area contributed by atoms with E-state index in [-0.39, 0.29) is 28.6 Å². The highest BCUT2D eigenvalue weighted by molar-refractivity contribution is 9.10. The first kappa shape index (κ1) is 18.4. The summed E-state index contributed by atoms with van der Waals surface area (Å²) in [6.45, 7) is -0.294. The van der Waals surface area contributed by atoms with E-state index in [1.54, 1.807) is 0 Å². The molecule has 1 aromatic heterocycles. The fraction of sp³-hybridized carbons (Fsp3) is 0.150. The number of aliphatic hydroxyl groups excluding tert-OH is 1. The molecule has 1 heterocycles. The van der Waals surface area contributed by atoms with Crippen LogP contribution in [-0.2, 0) is 11.3 Å². The van der Waals surface area contributed by atoms with E-state index in [4.69, 9.17) is 4.74 Å². The minimum Gasteiger partial charge on any atom is -0.448 e. The molecule has 3 N–H and O–H groups in total. The third-order valence-electron chi connectivity index (χ3n) is 4.65. The van der Waals surface area contributed by atoms with E-state index in [0.29, 0.717) is 0 Å². The zero-order chi connectivity index (χ0) is 19.7. The van der Waals surface area contributed by atoms with Gasteiger partial charge in [0.05, 0.1) is 12.3 Å². The molecule has 0 unspecified atom stereocenters. The van der Waals surface area contributed by atoms with E-state index < -0.39 is 18.3 Å². The minimum atomic E-state index is -0.740. The average Bonchev–Trinajstić information content (AvgIpc) is 3.03. The van der Waals surface area contributed by atoms with Crippen molar-refractivity contribution in [2.24, 2.45) is 0 Å². The summed E-state index contributed by atoms with van der Waals surface area (Å²) in [5.41, 5.74) is 4.10. The Morgan fingerprint density at radius 2 is 1.75 bits per heavy atom. The lowest BCUT2D eigenvalue weighted by atomic mass is 9.98. The van der Waals surface area contributed by atoms with E-state index in [1.807, 2.05) is 36.4 Å². The molecular formula is C20H16BrN3O4. The largest absolute Gasteiger partial charge is 0.448 e. The van der Waals surface area contributed by atoms with Crippen LogP contribution in [0.2, 0.25) is 0 Å². The summed E-state index contributed by atoms with van der Waals surface area (Å²) < 4.78 is 5.52. The number of nitrogens with one attached hydrogen (secondary N) is 2. The molecule has 0 atom stereocenters. The molecule has 1 aliphatic carbocycles. The van der Waals surface area contributed by atoms with Crippen molar-refractivity contribution in [3.63, 3.8) is 0 Å². The van der Waals surface area contributed by atoms with Crippen molar-refractivity contribution in [2.75, 3.05) is 11.9 Å². The number of carbonyl (C=O) groups is 1. The van der Waals surface area contributed by atoms with Crippen molar-refractivity contribution in [2.45, 2.75) is 12.5 Å². The van der Waals surface area contributed by atoms with Crippen molar-refractivity contribution in [3.05, 3.63) is 80.2 Å². The number of hydrogen-bond acceptors (Lipinski definition) is 5. The SMILES string of the molecule is O=C(Nc1nc(CO)c(Br)c(=O)[nH]1)OCC1c2ccccc2-c2ccccc21. The lowest BCUT2D eigenvalue weighted by Crippen LogP contribution is -2.22. The first-order valence-electron chi connectivity index (χ1n) is 8.60. The number of rotatable bonds is 4. The van der Waals surface area contributed by atoms with Crippen LogP contribution in [-0.4, -0.2) is 27.8 Å². The van der Waals surface area contributed by atoms with Gasteiger partial charge in [-0.05, 0) is 38.2 Å². The maximum absolute atomic E-state index is 12.2. The van der Waals surface area contributed by atoms with Gasteiger partial charge in [0.2, 0.25) is 5.95 Å². The number of aromatic nitrogens is 2. The third-order valence-corrected chi connectivity index (χ3v) is 5.46. The van der Waals surface area contributed by atoms with Crippen LogP contribution in [0.5, 0.6) is 0 Å². The fourth-order valence-corrected chi connectivity index (χ4v) is 3.71. The van der Waals surface area contributed by atoms with Crippen molar-refractivity contribution in [1.82, 2.24) is 9.97 Å². The second kappa shape index (κ2) is 7.57. The van der Waals surface area contributed by atoms with Gasteiger partial charge < -0.3 is 9.84 Å². The molecular weight excluding hydrogens is 426 g/mol. The Morgan fingerprint density at radius 3 is 2.36 bits per heavy atom. The van der Waals surface area contributed by atoms with Gasteiger partial charge in [-0.15, -0.1) is 0 Å². The number of amides is 1. The zero-order valence-corrected chi connectivity index (χ0v) is 16.2. The number of fused-ring (bicyclic) bond motifs is 3. The Kier molecular flexibility index (Phi) is 4.97. The van der Waals surface area contributed by atoms with Crippen LogP contribution < -0.4 is 10.9 Å². The minimum absolute atomic E-state index is 0.0666. The number of aliphatic hydroxyl groups is 1. The summed E-state index contributed by atoms with van der Waals surface area (Å²) in [5, 5.41) is 11.6. The molecule has 142 valence electrons. The first-order valence-corrected chi connectivity index (χ1v) is 9.39. The van der Waals surface area contributed by atoms with Crippen LogP contribution in [0.15, 0.2) is 57.8 Å². The second-order valence-corrected chi connectivity index (χ2v) is 7.08. The van der Waals surface area contributed by atoms with Crippen LogP contribution >= 0.6 is 15.9 Å². The van der Waals surface area contributed by atoms with Crippen molar-refractivity contribution < 1.29 is 14.6 Å². The molecule has 1 amide bonds. The highest BCUT2D eigenvalue weighted by atomic mass is 79.9. The lowest BCUT2D eigenvalue weighted by molar-refractivity contribution is 0.158. The molecule has 0 fully saturated rings. The summed E-state index contributed by atoms with van der Waals surface area (Å²) >= 11 is 3.04. The van der Waals surface area contributed by atoms with Gasteiger partial charge in [0.25, 0.3) is 5.56 Å². The standard InChI is InChI=1S/C20H16BrN3O4/c21-17-16(9-25)22-19(23-18(17)26)24-20(27)28-10-15-13-7-3-1-5-11(13)12-6-2-4-8-14(12)15/h1-8,15,25H,9-10H2,(H2,22,23,24,26,27). The molecule has 7 nitrogen and oxygen atoms in total. The van der Waals surface area contributed by atoms with Crippen LogP contribution in [0, 0.1) is 0 Å². The number of halogens is 1. The summed E-state index contributed by atoms with van der Waals surface area (Å²) in [6.07, 6.45) is -0.740. The van der Waals surface area contributed by atoms with E-state index in [0.717, 1.165) is 22.3 Å². The van der Waals surface area contributed by atoms with Gasteiger partial charge in [-0.2, -0.15) is 0 Å². The molecule has 0 bridgehead atoms. The van der Waals surface area contributed by atoms with Gasteiger partial charge in [0.1, 0.15) is 11.1 Å². The lowest BCUT2D eigenvalue weighted by Gasteiger charge is -2.14. The maximum Gasteiger partial charge on any atom is 0.414 e. The number of carbonyl (C=O) groups excluding carboxylic acids is 1. The number of hydrogen-bond donors (Lipinski definition) is 3. The number of benzene rings is 2. The van der Waals surface area contributed by atoms with Gasteiger partial charge >= 0.3 is 6.09 Å². The van der Waals surface area contributed by atoms with Crippen LogP contribution in [0.3, 0.4) is 0 Å². The normalized spacial score (nSPS) is 12.4. The molecule has 3 aromatic rings. The van der Waals surface area contributed by atoms with Crippen molar-refractivity contribution >= 4 is 28.0 Å². The topological polar surface area (TPSA) is 104 Å². The van der Waals surface area contributed by atoms with Crippen LogP contribution in [0.1, 0.15) is 22.7 Å². The van der Waals surface area contributed by atoms with Gasteiger partial charge in [0, 0.05) is 5.92 Å².